The van der Waals surface area contributed by atoms with E-state index < -0.39 is 17.4 Å². The summed E-state index contributed by atoms with van der Waals surface area (Å²) in [5, 5.41) is 8.11. The van der Waals surface area contributed by atoms with Crippen LogP contribution in [0.1, 0.15) is 46.0 Å². The molecule has 0 bridgehead atoms. The quantitative estimate of drug-likeness (QED) is 0.364. The van der Waals surface area contributed by atoms with Crippen molar-refractivity contribution in [3.63, 3.8) is 0 Å². The van der Waals surface area contributed by atoms with Gasteiger partial charge in [-0.25, -0.2) is 4.79 Å². The van der Waals surface area contributed by atoms with Crippen molar-refractivity contribution in [1.29, 1.82) is 0 Å². The number of carbonyl (C=O) groups excluding carboxylic acids is 3. The fourth-order valence-corrected chi connectivity index (χ4v) is 1.69. The summed E-state index contributed by atoms with van der Waals surface area (Å²) in [6, 6.07) is 0. The van der Waals surface area contributed by atoms with Gasteiger partial charge in [-0.1, -0.05) is 24.3 Å². The lowest BCUT2D eigenvalue weighted by atomic mass is 10.0. The Morgan fingerprint density at radius 2 is 1.86 bits per heavy atom. The third-order valence-electron chi connectivity index (χ3n) is 2.94. The second kappa shape index (κ2) is 10.4. The number of hydrogen-bond donors (Lipinski definition) is 2. The third kappa shape index (κ3) is 8.74. The van der Waals surface area contributed by atoms with E-state index in [1.54, 1.807) is 13.8 Å². The molecule has 0 aliphatic heterocycles. The zero-order chi connectivity index (χ0) is 17.0. The number of nitrogens with zero attached hydrogens (tertiary/aromatic N) is 1. The van der Waals surface area contributed by atoms with E-state index in [1.165, 1.54) is 0 Å². The Balaban J connectivity index is 3.77. The zero-order valence-electron chi connectivity index (χ0n) is 13.2. The van der Waals surface area contributed by atoms with Gasteiger partial charge >= 0.3 is 12.5 Å². The second-order valence-electron chi connectivity index (χ2n) is 5.31. The molecule has 0 spiro atoms. The first-order valence-corrected chi connectivity index (χ1v) is 7.16. The summed E-state index contributed by atoms with van der Waals surface area (Å²) in [5.41, 5.74) is -0.985. The van der Waals surface area contributed by atoms with Gasteiger partial charge in [0, 0.05) is 6.54 Å². The highest BCUT2D eigenvalue weighted by atomic mass is 16.7. The largest absolute Gasteiger partial charge is 0.399 e. The van der Waals surface area contributed by atoms with Crippen molar-refractivity contribution >= 4 is 17.8 Å². The van der Waals surface area contributed by atoms with E-state index in [9.17, 15) is 14.4 Å². The molecule has 0 heterocycles. The Bertz CT molecular complexity index is 452. The molecule has 0 aliphatic carbocycles. The summed E-state index contributed by atoms with van der Waals surface area (Å²) in [7, 11) is 0. The van der Waals surface area contributed by atoms with Crippen LogP contribution in [0.5, 0.6) is 0 Å². The van der Waals surface area contributed by atoms with Crippen molar-refractivity contribution in [1.82, 2.24) is 10.6 Å². The van der Waals surface area contributed by atoms with Crippen LogP contribution < -0.4 is 10.6 Å². The van der Waals surface area contributed by atoms with Crippen LogP contribution in [0.3, 0.4) is 0 Å². The summed E-state index contributed by atoms with van der Waals surface area (Å²) in [6.45, 7) is 11.8. The average molecular weight is 310 g/mol. The van der Waals surface area contributed by atoms with Crippen LogP contribution in [0.4, 0.5) is 0 Å². The number of carbonyl (C=O) groups is 3. The molecule has 0 aromatic heterocycles. The molecule has 2 N–H and O–H groups in total. The van der Waals surface area contributed by atoms with Crippen LogP contribution in [0.25, 0.3) is 5.01 Å². The molecular formula is C15H24N3O4+. The third-order valence-corrected chi connectivity index (χ3v) is 2.94. The Hall–Kier alpha value is -2.36. The van der Waals surface area contributed by atoms with Gasteiger partial charge in [0.05, 0.1) is 6.42 Å². The van der Waals surface area contributed by atoms with E-state index in [-0.39, 0.29) is 12.3 Å². The minimum Gasteiger partial charge on any atom is -0.354 e. The minimum atomic E-state index is -0.985. The molecule has 0 radical (unpaired) electrons. The van der Waals surface area contributed by atoms with Gasteiger partial charge in [0.15, 0.2) is 0 Å². The second-order valence-corrected chi connectivity index (χ2v) is 5.31. The molecule has 7 nitrogen and oxygen atoms in total. The Kier molecular flexibility index (Phi) is 9.27. The number of nitrogens with one attached hydrogen (secondary N) is 2. The predicted molar refractivity (Wildman–Crippen MR) is 82.9 cm³/mol. The normalized spacial score (nSPS) is 10.2. The molecule has 122 valence electrons. The SMILES string of the molecule is C#[N+]OC(=O)CCCCCCNC(=O)C(C)(C)NC(=O)C=C. The van der Waals surface area contributed by atoms with Gasteiger partial charge < -0.3 is 10.6 Å². The van der Waals surface area contributed by atoms with Gasteiger partial charge in [-0.15, -0.1) is 0 Å². The maximum Gasteiger partial charge on any atom is 0.399 e. The van der Waals surface area contributed by atoms with Gasteiger partial charge in [-0.05, 0) is 32.8 Å². The highest BCUT2D eigenvalue weighted by Gasteiger charge is 2.28. The van der Waals surface area contributed by atoms with E-state index in [2.05, 4.69) is 27.1 Å². The first-order valence-electron chi connectivity index (χ1n) is 7.16. The van der Waals surface area contributed by atoms with Crippen LogP contribution >= 0.6 is 0 Å². The van der Waals surface area contributed by atoms with Crippen molar-refractivity contribution in [2.24, 2.45) is 0 Å². The Labute approximate surface area is 130 Å². The molecule has 0 saturated carbocycles. The zero-order valence-corrected chi connectivity index (χ0v) is 13.2. The highest BCUT2D eigenvalue weighted by molar-refractivity contribution is 5.94. The van der Waals surface area contributed by atoms with Gasteiger partial charge in [0.1, 0.15) is 5.54 Å². The monoisotopic (exact) mass is 310 g/mol. The van der Waals surface area contributed by atoms with Gasteiger partial charge in [0.25, 0.3) is 0 Å². The lowest BCUT2D eigenvalue weighted by Crippen LogP contribution is -2.54. The molecule has 0 aromatic rings. The molecule has 0 fully saturated rings. The predicted octanol–water partition coefficient (Wildman–Crippen LogP) is 1.55. The molecule has 0 aliphatic rings. The lowest BCUT2D eigenvalue weighted by molar-refractivity contribution is -0.138. The topological polar surface area (TPSA) is 88.9 Å². The number of amides is 2. The minimum absolute atomic E-state index is 0.254. The van der Waals surface area contributed by atoms with Crippen molar-refractivity contribution in [3.8, 4) is 6.57 Å². The first kappa shape index (κ1) is 19.6. The smallest absolute Gasteiger partial charge is 0.354 e. The van der Waals surface area contributed by atoms with Gasteiger partial charge in [0.2, 0.25) is 16.8 Å². The maximum absolute atomic E-state index is 11.9. The standard InChI is InChI=1S/C15H23N3O4/c1-5-12(19)18-15(2,3)14(21)17-11-9-7-6-8-10-13(20)22-16-4/h4-5H,1,6-11H2,2-3H3,(H-,17,18,19,21)/p+1. The summed E-state index contributed by atoms with van der Waals surface area (Å²) in [5.74, 6) is -1.09. The van der Waals surface area contributed by atoms with Crippen molar-refractivity contribution < 1.29 is 19.2 Å². The number of unbranched alkanes of at least 4 members (excludes halogenated alkanes) is 3. The van der Waals surface area contributed by atoms with Crippen molar-refractivity contribution in [2.75, 3.05) is 6.54 Å². The van der Waals surface area contributed by atoms with E-state index in [4.69, 9.17) is 6.57 Å². The average Bonchev–Trinajstić information content (AvgIpc) is 2.45. The van der Waals surface area contributed by atoms with Crippen LogP contribution in [0.15, 0.2) is 12.7 Å². The van der Waals surface area contributed by atoms with Crippen molar-refractivity contribution in [3.05, 3.63) is 17.7 Å². The number of rotatable bonds is 10. The number of hydrogen-bond acceptors (Lipinski definition) is 4. The Morgan fingerprint density at radius 3 is 2.45 bits per heavy atom. The van der Waals surface area contributed by atoms with Gasteiger partial charge in [-0.3, -0.25) is 9.59 Å². The van der Waals surface area contributed by atoms with Gasteiger partial charge in [-0.2, -0.15) is 0 Å². The summed E-state index contributed by atoms with van der Waals surface area (Å²) in [4.78, 5) is 38.3. The molecule has 2 amide bonds. The molecule has 0 unspecified atom stereocenters. The van der Waals surface area contributed by atoms with E-state index in [1.807, 2.05) is 0 Å². The molecule has 0 rings (SSSR count). The molecule has 0 atom stereocenters. The maximum atomic E-state index is 11.9. The highest BCUT2D eigenvalue weighted by Crippen LogP contribution is 2.05. The first-order chi connectivity index (χ1) is 10.3. The molecule has 0 saturated heterocycles. The van der Waals surface area contributed by atoms with Crippen LogP contribution in [0, 0.1) is 6.57 Å². The molecular weight excluding hydrogens is 286 g/mol. The summed E-state index contributed by atoms with van der Waals surface area (Å²) >= 11 is 0. The van der Waals surface area contributed by atoms with Crippen LogP contribution in [-0.4, -0.2) is 29.9 Å². The van der Waals surface area contributed by atoms with E-state index in [0.717, 1.165) is 25.3 Å². The van der Waals surface area contributed by atoms with Crippen LogP contribution in [0.2, 0.25) is 0 Å². The summed E-state index contributed by atoms with van der Waals surface area (Å²) < 4.78 is 0. The van der Waals surface area contributed by atoms with E-state index >= 15 is 0 Å². The molecule has 7 heteroatoms. The molecule has 0 aromatic carbocycles. The Morgan fingerprint density at radius 1 is 1.23 bits per heavy atom. The van der Waals surface area contributed by atoms with Crippen LogP contribution in [-0.2, 0) is 19.2 Å². The van der Waals surface area contributed by atoms with E-state index in [0.29, 0.717) is 13.0 Å². The van der Waals surface area contributed by atoms with Crippen molar-refractivity contribution in [2.45, 2.75) is 51.5 Å². The summed E-state index contributed by atoms with van der Waals surface area (Å²) in [6.07, 6.45) is 4.57. The fraction of sp³-hybridized carbons (Fsp3) is 0.600. The molecule has 22 heavy (non-hydrogen) atoms. The lowest BCUT2D eigenvalue weighted by Gasteiger charge is -2.24. The fourth-order valence-electron chi connectivity index (χ4n) is 1.69.